The van der Waals surface area contributed by atoms with Crippen molar-refractivity contribution in [2.24, 2.45) is 7.05 Å². The van der Waals surface area contributed by atoms with E-state index in [9.17, 15) is 9.59 Å². The molecule has 0 spiro atoms. The Hall–Kier alpha value is -3.13. The molecule has 3 rings (SSSR count). The highest BCUT2D eigenvalue weighted by molar-refractivity contribution is 5.98. The molecule has 3 aromatic rings. The highest BCUT2D eigenvalue weighted by Gasteiger charge is 2.15. The summed E-state index contributed by atoms with van der Waals surface area (Å²) in [5.41, 5.74) is 3.29. The number of rotatable bonds is 4. The molecule has 0 radical (unpaired) electrons. The van der Waals surface area contributed by atoms with Crippen molar-refractivity contribution in [1.29, 1.82) is 0 Å². The SMILES string of the molecule is Cn1c(C(=O)NCc2cc(C(=O)NO)on2)cc2ccccc21. The molecule has 0 aliphatic heterocycles. The summed E-state index contributed by atoms with van der Waals surface area (Å²) in [5, 5.41) is 15.8. The maximum Gasteiger partial charge on any atom is 0.313 e. The predicted octanol–water partition coefficient (Wildman–Crippen LogP) is 1.22. The van der Waals surface area contributed by atoms with Crippen LogP contribution in [-0.2, 0) is 13.6 Å². The molecule has 0 bridgehead atoms. The second-order valence-corrected chi connectivity index (χ2v) is 4.95. The molecular weight excluding hydrogens is 300 g/mol. The number of nitrogens with one attached hydrogen (secondary N) is 2. The van der Waals surface area contributed by atoms with E-state index in [4.69, 9.17) is 9.73 Å². The van der Waals surface area contributed by atoms with Gasteiger partial charge < -0.3 is 14.4 Å². The molecule has 0 saturated heterocycles. The lowest BCUT2D eigenvalue weighted by Gasteiger charge is -2.04. The van der Waals surface area contributed by atoms with Crippen LogP contribution in [0, 0.1) is 0 Å². The zero-order chi connectivity index (χ0) is 16.4. The molecule has 0 atom stereocenters. The monoisotopic (exact) mass is 314 g/mol. The molecule has 3 N–H and O–H groups in total. The van der Waals surface area contributed by atoms with Gasteiger partial charge in [-0.1, -0.05) is 23.4 Å². The minimum atomic E-state index is -0.802. The molecule has 2 aromatic heterocycles. The maximum atomic E-state index is 12.3. The zero-order valence-corrected chi connectivity index (χ0v) is 12.2. The van der Waals surface area contributed by atoms with Crippen LogP contribution in [0.1, 0.15) is 26.7 Å². The number of carbonyl (C=O) groups excluding carboxylic acids is 2. The summed E-state index contributed by atoms with van der Waals surface area (Å²) in [4.78, 5) is 23.4. The zero-order valence-electron chi connectivity index (χ0n) is 12.2. The van der Waals surface area contributed by atoms with Crippen molar-refractivity contribution in [3.8, 4) is 0 Å². The van der Waals surface area contributed by atoms with Gasteiger partial charge in [0.15, 0.2) is 0 Å². The van der Waals surface area contributed by atoms with Gasteiger partial charge in [0.25, 0.3) is 5.91 Å². The third-order valence-corrected chi connectivity index (χ3v) is 3.50. The normalized spacial score (nSPS) is 10.7. The van der Waals surface area contributed by atoms with Crippen molar-refractivity contribution in [3.05, 3.63) is 53.5 Å². The minimum absolute atomic E-state index is 0.0998. The molecule has 8 nitrogen and oxygen atoms in total. The smallest absolute Gasteiger partial charge is 0.313 e. The van der Waals surface area contributed by atoms with Crippen LogP contribution >= 0.6 is 0 Å². The Kier molecular flexibility index (Phi) is 3.82. The van der Waals surface area contributed by atoms with Gasteiger partial charge in [0.2, 0.25) is 5.76 Å². The Morgan fingerprint density at radius 3 is 2.78 bits per heavy atom. The van der Waals surface area contributed by atoms with Gasteiger partial charge in [-0.2, -0.15) is 0 Å². The van der Waals surface area contributed by atoms with Crippen molar-refractivity contribution in [1.82, 2.24) is 20.5 Å². The summed E-state index contributed by atoms with van der Waals surface area (Å²) in [7, 11) is 1.82. The number of aryl methyl sites for hydroxylation is 1. The highest BCUT2D eigenvalue weighted by Crippen LogP contribution is 2.18. The van der Waals surface area contributed by atoms with Crippen LogP contribution in [0.15, 0.2) is 40.9 Å². The summed E-state index contributed by atoms with van der Waals surface area (Å²) in [5.74, 6) is -1.20. The molecule has 0 aliphatic rings. The molecule has 0 fully saturated rings. The molecule has 2 heterocycles. The molecule has 1 aromatic carbocycles. The van der Waals surface area contributed by atoms with E-state index in [1.807, 2.05) is 31.3 Å². The van der Waals surface area contributed by atoms with Crippen LogP contribution in [0.2, 0.25) is 0 Å². The number of para-hydroxylation sites is 1. The van der Waals surface area contributed by atoms with Crippen LogP contribution in [0.3, 0.4) is 0 Å². The van der Waals surface area contributed by atoms with E-state index in [2.05, 4.69) is 10.5 Å². The van der Waals surface area contributed by atoms with Gasteiger partial charge in [-0.05, 0) is 12.1 Å². The van der Waals surface area contributed by atoms with Crippen LogP contribution < -0.4 is 10.8 Å². The lowest BCUT2D eigenvalue weighted by atomic mass is 10.2. The Morgan fingerprint density at radius 2 is 2.04 bits per heavy atom. The van der Waals surface area contributed by atoms with Crippen molar-refractivity contribution in [3.63, 3.8) is 0 Å². The number of carbonyl (C=O) groups is 2. The number of hydrogen-bond acceptors (Lipinski definition) is 5. The number of hydroxylamine groups is 1. The quantitative estimate of drug-likeness (QED) is 0.495. The predicted molar refractivity (Wildman–Crippen MR) is 79.8 cm³/mol. The number of aromatic nitrogens is 2. The fraction of sp³-hybridized carbons (Fsp3) is 0.133. The van der Waals surface area contributed by atoms with Gasteiger partial charge in [-0.15, -0.1) is 0 Å². The van der Waals surface area contributed by atoms with Crippen molar-refractivity contribution in [2.75, 3.05) is 0 Å². The topological polar surface area (TPSA) is 109 Å². The van der Waals surface area contributed by atoms with E-state index in [1.165, 1.54) is 11.5 Å². The molecule has 8 heteroatoms. The van der Waals surface area contributed by atoms with Crippen LogP contribution in [0.4, 0.5) is 0 Å². The van der Waals surface area contributed by atoms with Gasteiger partial charge in [0.05, 0.1) is 6.54 Å². The maximum absolute atomic E-state index is 12.3. The first-order valence-corrected chi connectivity index (χ1v) is 6.83. The van der Waals surface area contributed by atoms with E-state index < -0.39 is 5.91 Å². The van der Waals surface area contributed by atoms with E-state index in [-0.39, 0.29) is 18.2 Å². The number of amides is 2. The first-order chi connectivity index (χ1) is 11.1. The molecule has 23 heavy (non-hydrogen) atoms. The molecule has 0 aliphatic carbocycles. The first-order valence-electron chi connectivity index (χ1n) is 6.83. The van der Waals surface area contributed by atoms with E-state index >= 15 is 0 Å². The molecule has 2 amide bonds. The Morgan fingerprint density at radius 1 is 1.26 bits per heavy atom. The number of benzene rings is 1. The van der Waals surface area contributed by atoms with Crippen LogP contribution in [0.5, 0.6) is 0 Å². The first kappa shape index (κ1) is 14.8. The second-order valence-electron chi connectivity index (χ2n) is 4.95. The van der Waals surface area contributed by atoms with E-state index in [0.29, 0.717) is 11.4 Å². The van der Waals surface area contributed by atoms with Crippen LogP contribution in [0.25, 0.3) is 10.9 Å². The second kappa shape index (κ2) is 5.93. The molecule has 0 saturated carbocycles. The highest BCUT2D eigenvalue weighted by atomic mass is 16.5. The van der Waals surface area contributed by atoms with Crippen molar-refractivity contribution in [2.45, 2.75) is 6.54 Å². The summed E-state index contributed by atoms with van der Waals surface area (Å²) in [6.45, 7) is 0.0998. The molecule has 0 unspecified atom stereocenters. The van der Waals surface area contributed by atoms with E-state index in [1.54, 1.807) is 10.6 Å². The minimum Gasteiger partial charge on any atom is -0.351 e. The third kappa shape index (κ3) is 2.79. The fourth-order valence-electron chi connectivity index (χ4n) is 2.33. The van der Waals surface area contributed by atoms with Gasteiger partial charge in [0.1, 0.15) is 11.4 Å². The van der Waals surface area contributed by atoms with E-state index in [0.717, 1.165) is 10.9 Å². The average Bonchev–Trinajstić information content (AvgIpc) is 3.17. The lowest BCUT2D eigenvalue weighted by molar-refractivity contribution is 0.0666. The van der Waals surface area contributed by atoms with Gasteiger partial charge in [-0.3, -0.25) is 14.8 Å². The summed E-state index contributed by atoms with van der Waals surface area (Å²) >= 11 is 0. The van der Waals surface area contributed by atoms with Crippen molar-refractivity contribution < 1.29 is 19.3 Å². The third-order valence-electron chi connectivity index (χ3n) is 3.50. The fourth-order valence-corrected chi connectivity index (χ4v) is 2.33. The van der Waals surface area contributed by atoms with Crippen molar-refractivity contribution >= 4 is 22.7 Å². The lowest BCUT2D eigenvalue weighted by Crippen LogP contribution is -2.25. The molecular formula is C15H14N4O4. The Labute approximate surface area is 130 Å². The van der Waals surface area contributed by atoms with Gasteiger partial charge in [-0.25, -0.2) is 5.48 Å². The number of hydrogen-bond donors (Lipinski definition) is 3. The standard InChI is InChI=1S/C15H14N4O4/c1-19-11-5-3-2-4-9(11)6-12(19)14(20)16-8-10-7-13(23-18-10)15(21)17-22/h2-7,22H,8H2,1H3,(H,16,20)(H,17,21). The Bertz CT molecular complexity index is 881. The molecule has 118 valence electrons. The number of fused-ring (bicyclic) bond motifs is 1. The van der Waals surface area contributed by atoms with Gasteiger partial charge >= 0.3 is 5.91 Å². The summed E-state index contributed by atoms with van der Waals surface area (Å²) < 4.78 is 6.55. The summed E-state index contributed by atoms with van der Waals surface area (Å²) in [6.07, 6.45) is 0. The van der Waals surface area contributed by atoms with Gasteiger partial charge in [0, 0.05) is 24.0 Å². The van der Waals surface area contributed by atoms with Crippen LogP contribution in [-0.4, -0.2) is 26.7 Å². The average molecular weight is 314 g/mol. The summed E-state index contributed by atoms with van der Waals surface area (Å²) in [6, 6.07) is 10.8. The Balaban J connectivity index is 1.72. The number of nitrogens with zero attached hydrogens (tertiary/aromatic N) is 2. The largest absolute Gasteiger partial charge is 0.351 e.